The molecule has 2 heterocycles. The van der Waals surface area contributed by atoms with E-state index in [2.05, 4.69) is 15.5 Å². The van der Waals surface area contributed by atoms with Crippen molar-refractivity contribution in [2.24, 2.45) is 0 Å². The predicted molar refractivity (Wildman–Crippen MR) is 57.0 cm³/mol. The first-order valence-electron chi connectivity index (χ1n) is 5.70. The maximum Gasteiger partial charge on any atom is 0.400 e. The van der Waals surface area contributed by atoms with Crippen LogP contribution in [0.3, 0.4) is 0 Å². The van der Waals surface area contributed by atoms with Crippen LogP contribution in [0.1, 0.15) is 30.6 Å². The number of hydrogen-bond acceptors (Lipinski definition) is 5. The lowest BCUT2D eigenvalue weighted by Gasteiger charge is -2.30. The van der Waals surface area contributed by atoms with Gasteiger partial charge >= 0.3 is 6.18 Å². The molecule has 2 unspecified atom stereocenters. The van der Waals surface area contributed by atoms with E-state index < -0.39 is 12.1 Å². The molecule has 18 heavy (non-hydrogen) atoms. The van der Waals surface area contributed by atoms with Crippen molar-refractivity contribution in [3.63, 3.8) is 0 Å². The van der Waals surface area contributed by atoms with E-state index in [9.17, 15) is 13.2 Å². The number of aromatic nitrogens is 2. The number of hydrogen-bond donors (Lipinski definition) is 1. The Morgan fingerprint density at radius 1 is 1.50 bits per heavy atom. The number of nitrogens with zero attached hydrogens (tertiary/aromatic N) is 3. The molecule has 0 radical (unpaired) electrons. The third-order valence-corrected chi connectivity index (χ3v) is 3.13. The lowest BCUT2D eigenvalue weighted by atomic mass is 10.1. The van der Waals surface area contributed by atoms with Gasteiger partial charge in [-0.05, 0) is 14.0 Å². The van der Waals surface area contributed by atoms with Gasteiger partial charge in [-0.3, -0.25) is 4.90 Å². The molecule has 102 valence electrons. The molecule has 0 spiro atoms. The zero-order chi connectivity index (χ0) is 13.3. The third kappa shape index (κ3) is 2.64. The van der Waals surface area contributed by atoms with Gasteiger partial charge in [-0.1, -0.05) is 5.16 Å². The van der Waals surface area contributed by atoms with E-state index in [1.54, 1.807) is 0 Å². The number of halogens is 3. The molecule has 5 nitrogen and oxygen atoms in total. The van der Waals surface area contributed by atoms with E-state index in [-0.39, 0.29) is 11.9 Å². The first-order valence-corrected chi connectivity index (χ1v) is 5.70. The van der Waals surface area contributed by atoms with Crippen molar-refractivity contribution < 1.29 is 17.7 Å². The summed E-state index contributed by atoms with van der Waals surface area (Å²) < 4.78 is 42.3. The number of nitrogens with one attached hydrogen (secondary N) is 1. The molecule has 1 aliphatic rings. The van der Waals surface area contributed by atoms with Gasteiger partial charge in [0.2, 0.25) is 5.89 Å². The van der Waals surface area contributed by atoms with Gasteiger partial charge < -0.3 is 9.84 Å². The third-order valence-electron chi connectivity index (χ3n) is 3.13. The number of likely N-dealkylation sites (N-methyl/N-ethyl adjacent to an activating group) is 1. The highest BCUT2D eigenvalue weighted by Gasteiger charge is 2.41. The normalized spacial score (nSPS) is 24.2. The van der Waals surface area contributed by atoms with Crippen LogP contribution in [-0.4, -0.2) is 47.9 Å². The van der Waals surface area contributed by atoms with E-state index in [1.165, 1.54) is 0 Å². The quantitative estimate of drug-likeness (QED) is 0.873. The van der Waals surface area contributed by atoms with Crippen molar-refractivity contribution in [2.45, 2.75) is 25.1 Å². The molecule has 2 atom stereocenters. The summed E-state index contributed by atoms with van der Waals surface area (Å²) in [6, 6.07) is -0.142. The molecular formula is C10H15F3N4O. The topological polar surface area (TPSA) is 54.2 Å². The summed E-state index contributed by atoms with van der Waals surface area (Å²) in [6.45, 7) is 3.26. The van der Waals surface area contributed by atoms with Gasteiger partial charge in [0.25, 0.3) is 0 Å². The van der Waals surface area contributed by atoms with E-state index >= 15 is 0 Å². The maximum absolute atomic E-state index is 12.5. The minimum absolute atomic E-state index is 0.142. The highest BCUT2D eigenvalue weighted by Crippen LogP contribution is 2.33. The molecule has 0 bridgehead atoms. The molecule has 0 amide bonds. The van der Waals surface area contributed by atoms with Crippen LogP contribution in [0.5, 0.6) is 0 Å². The Balaban J connectivity index is 2.15. The standard InChI is InChI=1S/C10H15F3N4O/c1-6(10(11,12)13)9-15-8(16-18-9)7-5-14-3-4-17(7)2/h6-7,14H,3-5H2,1-2H3. The summed E-state index contributed by atoms with van der Waals surface area (Å²) in [5.41, 5.74) is 0. The second-order valence-electron chi connectivity index (χ2n) is 4.45. The molecule has 2 rings (SSSR count). The molecule has 1 fully saturated rings. The van der Waals surface area contributed by atoms with Crippen molar-refractivity contribution in [2.75, 3.05) is 26.7 Å². The van der Waals surface area contributed by atoms with Crippen LogP contribution in [0.25, 0.3) is 0 Å². The van der Waals surface area contributed by atoms with Gasteiger partial charge in [-0.25, -0.2) is 0 Å². The first-order chi connectivity index (χ1) is 8.39. The number of alkyl halides is 3. The van der Waals surface area contributed by atoms with E-state index in [0.29, 0.717) is 12.4 Å². The Morgan fingerprint density at radius 2 is 2.22 bits per heavy atom. The Bertz CT molecular complexity index is 406. The first kappa shape index (κ1) is 13.3. The van der Waals surface area contributed by atoms with Crippen LogP contribution in [0.15, 0.2) is 4.52 Å². The van der Waals surface area contributed by atoms with Crippen LogP contribution in [0.4, 0.5) is 13.2 Å². The predicted octanol–water partition coefficient (Wildman–Crippen LogP) is 1.31. The highest BCUT2D eigenvalue weighted by atomic mass is 19.4. The summed E-state index contributed by atoms with van der Waals surface area (Å²) >= 11 is 0. The van der Waals surface area contributed by atoms with Crippen molar-refractivity contribution in [3.8, 4) is 0 Å². The van der Waals surface area contributed by atoms with Crippen LogP contribution in [0, 0.1) is 0 Å². The van der Waals surface area contributed by atoms with Crippen LogP contribution in [0.2, 0.25) is 0 Å². The number of piperazine rings is 1. The fourth-order valence-corrected chi connectivity index (χ4v) is 1.79. The maximum atomic E-state index is 12.5. The molecular weight excluding hydrogens is 249 g/mol. The molecule has 1 saturated heterocycles. The smallest absolute Gasteiger partial charge is 0.339 e. The Morgan fingerprint density at radius 3 is 2.83 bits per heavy atom. The van der Waals surface area contributed by atoms with Gasteiger partial charge in [-0.15, -0.1) is 0 Å². The average molecular weight is 264 g/mol. The van der Waals surface area contributed by atoms with E-state index in [4.69, 9.17) is 4.52 Å². The summed E-state index contributed by atoms with van der Waals surface area (Å²) in [6.07, 6.45) is -4.36. The SMILES string of the molecule is CC(c1nc(C2CNCCN2C)no1)C(F)(F)F. The summed E-state index contributed by atoms with van der Waals surface area (Å²) in [5.74, 6) is -1.81. The van der Waals surface area contributed by atoms with Gasteiger partial charge in [0, 0.05) is 19.6 Å². The van der Waals surface area contributed by atoms with Gasteiger partial charge in [0.1, 0.15) is 5.92 Å². The van der Waals surface area contributed by atoms with Crippen molar-refractivity contribution in [1.29, 1.82) is 0 Å². The Hall–Kier alpha value is -1.15. The second kappa shape index (κ2) is 4.85. The van der Waals surface area contributed by atoms with Gasteiger partial charge in [0.15, 0.2) is 5.82 Å². The molecule has 1 N–H and O–H groups in total. The molecule has 0 aromatic carbocycles. The summed E-state index contributed by atoms with van der Waals surface area (Å²) in [4.78, 5) is 5.86. The van der Waals surface area contributed by atoms with E-state index in [1.807, 2.05) is 11.9 Å². The van der Waals surface area contributed by atoms with Crippen molar-refractivity contribution in [1.82, 2.24) is 20.4 Å². The second-order valence-corrected chi connectivity index (χ2v) is 4.45. The fourth-order valence-electron chi connectivity index (χ4n) is 1.79. The molecule has 8 heteroatoms. The fraction of sp³-hybridized carbons (Fsp3) is 0.800. The van der Waals surface area contributed by atoms with Gasteiger partial charge in [0.05, 0.1) is 6.04 Å². The van der Waals surface area contributed by atoms with Crippen molar-refractivity contribution in [3.05, 3.63) is 11.7 Å². The lowest BCUT2D eigenvalue weighted by molar-refractivity contribution is -0.151. The minimum atomic E-state index is -4.36. The molecule has 1 aromatic rings. The summed E-state index contributed by atoms with van der Waals surface area (Å²) in [7, 11) is 1.88. The molecule has 0 aliphatic carbocycles. The molecule has 0 saturated carbocycles. The summed E-state index contributed by atoms with van der Waals surface area (Å²) in [5, 5.41) is 6.80. The largest absolute Gasteiger partial charge is 0.400 e. The highest BCUT2D eigenvalue weighted by molar-refractivity contribution is 5.01. The molecule has 1 aliphatic heterocycles. The minimum Gasteiger partial charge on any atom is -0.339 e. The monoisotopic (exact) mass is 264 g/mol. The Labute approximate surface area is 102 Å². The average Bonchev–Trinajstić information content (AvgIpc) is 2.76. The van der Waals surface area contributed by atoms with Gasteiger partial charge in [-0.2, -0.15) is 18.2 Å². The van der Waals surface area contributed by atoms with E-state index in [0.717, 1.165) is 20.0 Å². The number of rotatable bonds is 2. The van der Waals surface area contributed by atoms with Crippen molar-refractivity contribution >= 4 is 0 Å². The zero-order valence-electron chi connectivity index (χ0n) is 10.2. The Kier molecular flexibility index (Phi) is 3.58. The lowest BCUT2D eigenvalue weighted by Crippen LogP contribution is -2.44. The van der Waals surface area contributed by atoms with Crippen LogP contribution in [-0.2, 0) is 0 Å². The van der Waals surface area contributed by atoms with Crippen LogP contribution < -0.4 is 5.32 Å². The van der Waals surface area contributed by atoms with Crippen LogP contribution >= 0.6 is 0 Å². The zero-order valence-corrected chi connectivity index (χ0v) is 10.2. The molecule has 1 aromatic heterocycles.